The van der Waals surface area contributed by atoms with Gasteiger partial charge in [0.1, 0.15) is 6.54 Å². The summed E-state index contributed by atoms with van der Waals surface area (Å²) < 4.78 is 2.60. The molecule has 0 bridgehead atoms. The summed E-state index contributed by atoms with van der Waals surface area (Å²) in [4.78, 5) is 0. The van der Waals surface area contributed by atoms with Gasteiger partial charge in [-0.25, -0.2) is 4.58 Å². The summed E-state index contributed by atoms with van der Waals surface area (Å²) in [6.45, 7) is 10.5. The Balaban J connectivity index is 2.23. The van der Waals surface area contributed by atoms with Crippen LogP contribution in [0.25, 0.3) is 0 Å². The van der Waals surface area contributed by atoms with E-state index >= 15 is 0 Å². The van der Waals surface area contributed by atoms with Crippen molar-refractivity contribution in [1.82, 2.24) is 0 Å². The highest BCUT2D eigenvalue weighted by atomic mass is 32.2. The summed E-state index contributed by atoms with van der Waals surface area (Å²) in [5.74, 6) is 0. The fourth-order valence-electron chi connectivity index (χ4n) is 2.22. The van der Waals surface area contributed by atoms with Gasteiger partial charge in [-0.3, -0.25) is 0 Å². The topological polar surface area (TPSA) is 3.01 Å². The average Bonchev–Trinajstić information content (AvgIpc) is 2.44. The van der Waals surface area contributed by atoms with Gasteiger partial charge in [-0.2, -0.15) is 0 Å². The van der Waals surface area contributed by atoms with Crippen LogP contribution in [0, 0.1) is 0 Å². The molecule has 0 saturated carbocycles. The van der Waals surface area contributed by atoms with E-state index < -0.39 is 0 Å². The van der Waals surface area contributed by atoms with Crippen molar-refractivity contribution in [3.05, 3.63) is 0 Å². The van der Waals surface area contributed by atoms with Crippen molar-refractivity contribution < 1.29 is 4.58 Å². The van der Waals surface area contributed by atoms with Crippen molar-refractivity contribution in [1.29, 1.82) is 0 Å². The van der Waals surface area contributed by atoms with Crippen molar-refractivity contribution in [3.8, 4) is 0 Å². The Hall–Kier alpha value is 0.0200. The van der Waals surface area contributed by atoms with Crippen molar-refractivity contribution in [2.24, 2.45) is 0 Å². The minimum Gasteiger partial charge on any atom is -0.225 e. The number of thioether (sulfide) groups is 1. The van der Waals surface area contributed by atoms with Crippen LogP contribution < -0.4 is 0 Å². The van der Waals surface area contributed by atoms with E-state index in [-0.39, 0.29) is 0 Å². The molecule has 15 heavy (non-hydrogen) atoms. The Morgan fingerprint density at radius 3 is 2.33 bits per heavy atom. The van der Waals surface area contributed by atoms with E-state index in [1.165, 1.54) is 43.7 Å². The fraction of sp³-hybridized carbons (Fsp3) is 0.923. The lowest BCUT2D eigenvalue weighted by molar-refractivity contribution is -0.556. The van der Waals surface area contributed by atoms with Gasteiger partial charge in [0, 0.05) is 13.3 Å². The summed E-state index contributed by atoms with van der Waals surface area (Å²) in [7, 11) is 0. The minimum atomic E-state index is 0.737. The highest BCUT2D eigenvalue weighted by molar-refractivity contribution is 8.14. The van der Waals surface area contributed by atoms with Gasteiger partial charge in [-0.05, 0) is 20.3 Å². The molecule has 0 spiro atoms. The highest BCUT2D eigenvalue weighted by Gasteiger charge is 2.33. The quantitative estimate of drug-likeness (QED) is 0.492. The maximum atomic E-state index is 2.60. The fourth-order valence-corrected chi connectivity index (χ4v) is 3.50. The van der Waals surface area contributed by atoms with Gasteiger partial charge in [0.15, 0.2) is 6.04 Å². The van der Waals surface area contributed by atoms with E-state index in [9.17, 15) is 0 Å². The molecule has 1 aliphatic heterocycles. The molecule has 0 aliphatic carbocycles. The molecule has 1 aliphatic rings. The number of hydrogen-bond acceptors (Lipinski definition) is 1. The predicted octanol–water partition coefficient (Wildman–Crippen LogP) is 3.91. The molecule has 0 aromatic heterocycles. The lowest BCUT2D eigenvalue weighted by Crippen LogP contribution is -2.27. The maximum Gasteiger partial charge on any atom is 0.208 e. The molecule has 0 aromatic carbocycles. The lowest BCUT2D eigenvalue weighted by Gasteiger charge is -2.08. The zero-order valence-electron chi connectivity index (χ0n) is 10.8. The SMILES string of the molecule is CCCCCCC[N+]1=C(C)SC(C)C1C. The van der Waals surface area contributed by atoms with Gasteiger partial charge >= 0.3 is 0 Å². The van der Waals surface area contributed by atoms with E-state index in [1.807, 2.05) is 11.8 Å². The van der Waals surface area contributed by atoms with Crippen LogP contribution >= 0.6 is 11.8 Å². The van der Waals surface area contributed by atoms with E-state index in [0.29, 0.717) is 0 Å². The van der Waals surface area contributed by atoms with Crippen molar-refractivity contribution in [2.45, 2.75) is 71.1 Å². The molecule has 0 radical (unpaired) electrons. The smallest absolute Gasteiger partial charge is 0.208 e. The molecule has 88 valence electrons. The van der Waals surface area contributed by atoms with Crippen LogP contribution in [0.3, 0.4) is 0 Å². The second-order valence-electron chi connectivity index (χ2n) is 4.69. The van der Waals surface area contributed by atoms with E-state index in [4.69, 9.17) is 0 Å². The summed E-state index contributed by atoms with van der Waals surface area (Å²) in [6, 6.07) is 0.737. The average molecular weight is 228 g/mol. The monoisotopic (exact) mass is 228 g/mol. The summed E-state index contributed by atoms with van der Waals surface area (Å²) in [6.07, 6.45) is 6.94. The van der Waals surface area contributed by atoms with Crippen molar-refractivity contribution in [3.63, 3.8) is 0 Å². The lowest BCUT2D eigenvalue weighted by atomic mass is 10.1. The van der Waals surface area contributed by atoms with Gasteiger partial charge in [0.25, 0.3) is 0 Å². The number of hydrogen-bond donors (Lipinski definition) is 0. The van der Waals surface area contributed by atoms with E-state index in [1.54, 1.807) is 0 Å². The second kappa shape index (κ2) is 6.57. The van der Waals surface area contributed by atoms with Crippen molar-refractivity contribution >= 4 is 16.8 Å². The normalized spacial score (nSPS) is 26.4. The van der Waals surface area contributed by atoms with Crippen LogP contribution in [-0.4, -0.2) is 27.5 Å². The zero-order chi connectivity index (χ0) is 11.3. The molecule has 1 heterocycles. The van der Waals surface area contributed by atoms with Crippen LogP contribution in [0.2, 0.25) is 0 Å². The van der Waals surface area contributed by atoms with Crippen molar-refractivity contribution in [2.75, 3.05) is 6.54 Å². The molecule has 2 unspecified atom stereocenters. The standard InChI is InChI=1S/C13H26NS/c1-5-6-7-8-9-10-14-11(2)12(3)15-13(14)4/h11-12H,5-10H2,1-4H3/q+1. The molecular formula is C13H26NS+. The minimum absolute atomic E-state index is 0.737. The number of nitrogens with zero attached hydrogens (tertiary/aromatic N) is 1. The molecule has 1 rings (SSSR count). The molecule has 0 saturated heterocycles. The van der Waals surface area contributed by atoms with Gasteiger partial charge in [0.2, 0.25) is 5.04 Å². The third-order valence-corrected chi connectivity index (χ3v) is 4.78. The Kier molecular flexibility index (Phi) is 5.73. The molecule has 1 nitrogen and oxygen atoms in total. The van der Waals surface area contributed by atoms with Crippen LogP contribution in [0.4, 0.5) is 0 Å². The number of rotatable bonds is 6. The van der Waals surface area contributed by atoms with Crippen LogP contribution in [-0.2, 0) is 0 Å². The molecule has 0 N–H and O–H groups in total. The first-order chi connectivity index (χ1) is 7.16. The van der Waals surface area contributed by atoms with Crippen LogP contribution in [0.5, 0.6) is 0 Å². The molecule has 0 aromatic rings. The van der Waals surface area contributed by atoms with E-state index in [0.717, 1.165) is 11.3 Å². The Bertz CT molecular complexity index is 223. The van der Waals surface area contributed by atoms with Gasteiger partial charge in [-0.15, -0.1) is 0 Å². The first-order valence-corrected chi connectivity index (χ1v) is 7.31. The van der Waals surface area contributed by atoms with Gasteiger partial charge in [0.05, 0.1) is 5.25 Å². The Labute approximate surface area is 99.3 Å². The summed E-state index contributed by atoms with van der Waals surface area (Å²) in [5.41, 5.74) is 0. The van der Waals surface area contributed by atoms with Gasteiger partial charge in [-0.1, -0.05) is 37.9 Å². The molecule has 0 fully saturated rings. The Morgan fingerprint density at radius 1 is 1.13 bits per heavy atom. The number of unbranched alkanes of at least 4 members (excludes halogenated alkanes) is 4. The van der Waals surface area contributed by atoms with Crippen LogP contribution in [0.15, 0.2) is 0 Å². The third kappa shape index (κ3) is 3.82. The molecule has 0 amide bonds. The van der Waals surface area contributed by atoms with Crippen LogP contribution in [0.1, 0.15) is 59.8 Å². The molecular weight excluding hydrogens is 202 g/mol. The van der Waals surface area contributed by atoms with Gasteiger partial charge < -0.3 is 0 Å². The third-order valence-electron chi connectivity index (χ3n) is 3.43. The second-order valence-corrected chi connectivity index (χ2v) is 6.26. The first kappa shape index (κ1) is 13.1. The highest BCUT2D eigenvalue weighted by Crippen LogP contribution is 2.26. The first-order valence-electron chi connectivity index (χ1n) is 6.43. The predicted molar refractivity (Wildman–Crippen MR) is 71.1 cm³/mol. The molecule has 2 heteroatoms. The summed E-state index contributed by atoms with van der Waals surface area (Å²) in [5, 5.41) is 2.31. The maximum absolute atomic E-state index is 2.60. The Morgan fingerprint density at radius 2 is 1.80 bits per heavy atom. The summed E-state index contributed by atoms with van der Waals surface area (Å²) >= 11 is 2.05. The molecule has 2 atom stereocenters. The van der Waals surface area contributed by atoms with E-state index in [2.05, 4.69) is 32.3 Å². The largest absolute Gasteiger partial charge is 0.225 e. The zero-order valence-corrected chi connectivity index (χ0v) is 11.6.